The van der Waals surface area contributed by atoms with Crippen LogP contribution in [0.2, 0.25) is 5.02 Å². The van der Waals surface area contributed by atoms with E-state index in [9.17, 15) is 14.4 Å². The molecular weight excluding hydrogens is 398 g/mol. The molecule has 0 N–H and O–H groups in total. The first kappa shape index (κ1) is 20.7. The number of hydrogen-bond acceptors (Lipinski definition) is 6. The third-order valence-corrected chi connectivity index (χ3v) is 4.66. The molecule has 0 aromatic heterocycles. The Labute approximate surface area is 173 Å². The normalized spacial score (nSPS) is 13.3. The Kier molecular flexibility index (Phi) is 6.72. The van der Waals surface area contributed by atoms with Crippen LogP contribution in [-0.2, 0) is 20.9 Å². The highest BCUT2D eigenvalue weighted by Gasteiger charge is 2.27. The number of likely N-dealkylation sites (tertiary alicyclic amines) is 1. The summed E-state index contributed by atoms with van der Waals surface area (Å²) in [6.45, 7) is 0.181. The number of ether oxygens (including phenoxy) is 3. The van der Waals surface area contributed by atoms with Crippen molar-refractivity contribution in [3.63, 3.8) is 0 Å². The maximum absolute atomic E-state index is 12.2. The van der Waals surface area contributed by atoms with Crippen molar-refractivity contribution >= 4 is 29.4 Å². The molecule has 2 aromatic carbocycles. The van der Waals surface area contributed by atoms with Crippen LogP contribution < -0.4 is 9.47 Å². The second-order valence-electron chi connectivity index (χ2n) is 6.40. The minimum Gasteiger partial charge on any atom is -0.493 e. The van der Waals surface area contributed by atoms with E-state index >= 15 is 0 Å². The number of esters is 1. The van der Waals surface area contributed by atoms with Gasteiger partial charge in [0, 0.05) is 18.0 Å². The van der Waals surface area contributed by atoms with E-state index in [1.165, 1.54) is 19.2 Å². The number of carbonyl (C=O) groups is 3. The van der Waals surface area contributed by atoms with Gasteiger partial charge in [0.2, 0.25) is 5.91 Å². The van der Waals surface area contributed by atoms with Crippen LogP contribution in [0.1, 0.15) is 28.8 Å². The maximum atomic E-state index is 12.2. The Morgan fingerprint density at radius 1 is 1.10 bits per heavy atom. The molecule has 2 aromatic rings. The lowest BCUT2D eigenvalue weighted by Gasteiger charge is -2.14. The van der Waals surface area contributed by atoms with E-state index in [1.807, 2.05) is 12.1 Å². The van der Waals surface area contributed by atoms with Crippen LogP contribution in [-0.4, -0.2) is 42.9 Å². The number of imide groups is 1. The van der Waals surface area contributed by atoms with Gasteiger partial charge >= 0.3 is 5.97 Å². The fourth-order valence-electron chi connectivity index (χ4n) is 2.86. The number of benzene rings is 2. The van der Waals surface area contributed by atoms with Gasteiger partial charge in [-0.15, -0.1) is 0 Å². The van der Waals surface area contributed by atoms with Crippen molar-refractivity contribution in [2.45, 2.75) is 19.4 Å². The van der Waals surface area contributed by atoms with Crippen molar-refractivity contribution in [3.05, 3.63) is 58.6 Å². The van der Waals surface area contributed by atoms with E-state index in [2.05, 4.69) is 0 Å². The zero-order valence-corrected chi connectivity index (χ0v) is 16.6. The molecular formula is C21H20ClNO6. The molecule has 152 valence electrons. The number of amides is 2. The number of halogens is 1. The van der Waals surface area contributed by atoms with E-state index in [1.54, 1.807) is 18.2 Å². The molecule has 8 heteroatoms. The number of hydrogen-bond donors (Lipinski definition) is 0. The summed E-state index contributed by atoms with van der Waals surface area (Å²) in [4.78, 5) is 36.9. The standard InChI is InChI=1S/C21H20ClNO6/c1-27-18-11-15(21(26)29-13-20(25)23-10-2-3-19(23)24)6-9-17(18)28-12-14-4-7-16(22)8-5-14/h4-9,11H,2-3,10,12-13H2,1H3. The van der Waals surface area contributed by atoms with E-state index < -0.39 is 18.5 Å². The Morgan fingerprint density at radius 3 is 2.52 bits per heavy atom. The van der Waals surface area contributed by atoms with E-state index in [0.29, 0.717) is 42.5 Å². The van der Waals surface area contributed by atoms with Gasteiger partial charge in [0.25, 0.3) is 5.91 Å². The second-order valence-corrected chi connectivity index (χ2v) is 6.84. The molecule has 0 saturated carbocycles. The van der Waals surface area contributed by atoms with Crippen molar-refractivity contribution in [1.82, 2.24) is 4.90 Å². The number of methoxy groups -OCH3 is 1. The molecule has 7 nitrogen and oxygen atoms in total. The van der Waals surface area contributed by atoms with Gasteiger partial charge in [-0.3, -0.25) is 14.5 Å². The summed E-state index contributed by atoms with van der Waals surface area (Å²) in [6.07, 6.45) is 0.974. The van der Waals surface area contributed by atoms with Crippen molar-refractivity contribution in [3.8, 4) is 11.5 Å². The van der Waals surface area contributed by atoms with Crippen LogP contribution in [0.25, 0.3) is 0 Å². The molecule has 2 amide bonds. The van der Waals surface area contributed by atoms with Gasteiger partial charge in [-0.1, -0.05) is 23.7 Å². The van der Waals surface area contributed by atoms with Crippen LogP contribution in [0, 0.1) is 0 Å². The molecule has 1 heterocycles. The Bertz CT molecular complexity index is 912. The van der Waals surface area contributed by atoms with Gasteiger partial charge in [-0.2, -0.15) is 0 Å². The lowest BCUT2D eigenvalue weighted by atomic mass is 10.2. The first-order valence-electron chi connectivity index (χ1n) is 9.03. The van der Waals surface area contributed by atoms with Gasteiger partial charge in [0.1, 0.15) is 6.61 Å². The summed E-state index contributed by atoms with van der Waals surface area (Å²) < 4.78 is 16.1. The molecule has 29 heavy (non-hydrogen) atoms. The zero-order valence-electron chi connectivity index (χ0n) is 15.9. The number of rotatable bonds is 7. The van der Waals surface area contributed by atoms with Crippen molar-refractivity contribution in [1.29, 1.82) is 0 Å². The predicted octanol–water partition coefficient (Wildman–Crippen LogP) is 3.23. The van der Waals surface area contributed by atoms with E-state index in [0.717, 1.165) is 10.5 Å². The molecule has 3 rings (SSSR count). The minimum absolute atomic E-state index is 0.209. The smallest absolute Gasteiger partial charge is 0.338 e. The molecule has 0 atom stereocenters. The molecule has 1 aliphatic heterocycles. The minimum atomic E-state index is -0.687. The topological polar surface area (TPSA) is 82.1 Å². The lowest BCUT2D eigenvalue weighted by molar-refractivity contribution is -0.143. The predicted molar refractivity (Wildman–Crippen MR) is 105 cm³/mol. The summed E-state index contributed by atoms with van der Waals surface area (Å²) in [5.41, 5.74) is 1.14. The fraction of sp³-hybridized carbons (Fsp3) is 0.286. The molecule has 0 bridgehead atoms. The summed E-state index contributed by atoms with van der Waals surface area (Å²) in [5, 5.41) is 0.641. The van der Waals surface area contributed by atoms with Gasteiger partial charge < -0.3 is 14.2 Å². The van der Waals surface area contributed by atoms with Crippen LogP contribution >= 0.6 is 11.6 Å². The quantitative estimate of drug-likeness (QED) is 0.643. The Hall–Kier alpha value is -3.06. The first-order chi connectivity index (χ1) is 14.0. The molecule has 1 saturated heterocycles. The summed E-state index contributed by atoms with van der Waals surface area (Å²) >= 11 is 5.87. The van der Waals surface area contributed by atoms with Gasteiger partial charge in [0.15, 0.2) is 18.1 Å². The molecule has 0 aliphatic carbocycles. The Morgan fingerprint density at radius 2 is 1.86 bits per heavy atom. The average molecular weight is 418 g/mol. The van der Waals surface area contributed by atoms with Crippen molar-refractivity contribution in [2.75, 3.05) is 20.3 Å². The monoisotopic (exact) mass is 417 g/mol. The molecule has 1 fully saturated rings. The largest absolute Gasteiger partial charge is 0.493 e. The van der Waals surface area contributed by atoms with E-state index in [-0.39, 0.29) is 11.5 Å². The highest BCUT2D eigenvalue weighted by molar-refractivity contribution is 6.30. The Balaban J connectivity index is 1.59. The molecule has 0 radical (unpaired) electrons. The number of carbonyl (C=O) groups excluding carboxylic acids is 3. The SMILES string of the molecule is COc1cc(C(=O)OCC(=O)N2CCCC2=O)ccc1OCc1ccc(Cl)cc1. The highest BCUT2D eigenvalue weighted by atomic mass is 35.5. The first-order valence-corrected chi connectivity index (χ1v) is 9.41. The van der Waals surface area contributed by atoms with Crippen molar-refractivity contribution in [2.24, 2.45) is 0 Å². The van der Waals surface area contributed by atoms with Crippen molar-refractivity contribution < 1.29 is 28.6 Å². The van der Waals surface area contributed by atoms with Gasteiger partial charge in [-0.05, 0) is 42.3 Å². The van der Waals surface area contributed by atoms with Gasteiger partial charge in [0.05, 0.1) is 12.7 Å². The zero-order chi connectivity index (χ0) is 20.8. The number of nitrogens with zero attached hydrogens (tertiary/aromatic N) is 1. The van der Waals surface area contributed by atoms with E-state index in [4.69, 9.17) is 25.8 Å². The van der Waals surface area contributed by atoms with Crippen LogP contribution in [0.15, 0.2) is 42.5 Å². The third kappa shape index (κ3) is 5.26. The molecule has 0 spiro atoms. The third-order valence-electron chi connectivity index (χ3n) is 4.41. The van der Waals surface area contributed by atoms with Crippen LogP contribution in [0.4, 0.5) is 0 Å². The van der Waals surface area contributed by atoms with Gasteiger partial charge in [-0.25, -0.2) is 4.79 Å². The summed E-state index contributed by atoms with van der Waals surface area (Å²) in [5.74, 6) is -0.634. The maximum Gasteiger partial charge on any atom is 0.338 e. The highest BCUT2D eigenvalue weighted by Crippen LogP contribution is 2.29. The average Bonchev–Trinajstić information content (AvgIpc) is 3.17. The second kappa shape index (κ2) is 9.43. The fourth-order valence-corrected chi connectivity index (χ4v) is 2.98. The summed E-state index contributed by atoms with van der Waals surface area (Å²) in [6, 6.07) is 11.8. The summed E-state index contributed by atoms with van der Waals surface area (Å²) in [7, 11) is 1.46. The molecule has 0 unspecified atom stereocenters. The van der Waals surface area contributed by atoms with Crippen LogP contribution in [0.3, 0.4) is 0 Å². The van der Waals surface area contributed by atoms with Crippen LogP contribution in [0.5, 0.6) is 11.5 Å². The molecule has 1 aliphatic rings. The lowest BCUT2D eigenvalue weighted by Crippen LogP contribution is -2.35.